The van der Waals surface area contributed by atoms with Crippen molar-refractivity contribution in [3.05, 3.63) is 21.9 Å². The SMILES string of the molecule is O=C(O)C1CN(CC(=O)N2CCc3sccc3C2)C1. The fourth-order valence-electron chi connectivity index (χ4n) is 2.61. The van der Waals surface area contributed by atoms with Crippen LogP contribution in [0.3, 0.4) is 0 Å². The summed E-state index contributed by atoms with van der Waals surface area (Å²) in [6, 6.07) is 2.09. The largest absolute Gasteiger partial charge is 0.481 e. The number of hydrogen-bond donors (Lipinski definition) is 1. The highest BCUT2D eigenvalue weighted by molar-refractivity contribution is 7.10. The molecule has 5 nitrogen and oxygen atoms in total. The van der Waals surface area contributed by atoms with Crippen LogP contribution >= 0.6 is 11.3 Å². The highest BCUT2D eigenvalue weighted by atomic mass is 32.1. The van der Waals surface area contributed by atoms with Crippen LogP contribution < -0.4 is 0 Å². The van der Waals surface area contributed by atoms with Gasteiger partial charge < -0.3 is 10.0 Å². The summed E-state index contributed by atoms with van der Waals surface area (Å²) in [5.74, 6) is -0.942. The zero-order valence-electron chi connectivity index (χ0n) is 10.5. The highest BCUT2D eigenvalue weighted by Crippen LogP contribution is 2.24. The predicted octanol–water partition coefficient (Wildman–Crippen LogP) is 0.649. The number of carbonyl (C=O) groups excluding carboxylic acids is 1. The Balaban J connectivity index is 1.51. The summed E-state index contributed by atoms with van der Waals surface area (Å²) in [5.41, 5.74) is 1.26. The van der Waals surface area contributed by atoms with Crippen molar-refractivity contribution in [1.82, 2.24) is 9.80 Å². The molecule has 1 N–H and O–H groups in total. The number of likely N-dealkylation sites (tertiary alicyclic amines) is 1. The molecule has 0 unspecified atom stereocenters. The Hall–Kier alpha value is -1.40. The van der Waals surface area contributed by atoms with Crippen LogP contribution in [-0.2, 0) is 22.6 Å². The molecule has 0 spiro atoms. The number of aliphatic carboxylic acids is 1. The van der Waals surface area contributed by atoms with Gasteiger partial charge in [0.15, 0.2) is 0 Å². The Morgan fingerprint density at radius 1 is 1.42 bits per heavy atom. The third-order valence-electron chi connectivity index (χ3n) is 3.83. The molecule has 1 aromatic heterocycles. The molecule has 2 aliphatic rings. The smallest absolute Gasteiger partial charge is 0.309 e. The van der Waals surface area contributed by atoms with E-state index < -0.39 is 5.97 Å². The van der Waals surface area contributed by atoms with E-state index in [1.54, 1.807) is 11.3 Å². The van der Waals surface area contributed by atoms with Crippen LogP contribution in [0.1, 0.15) is 10.4 Å². The molecule has 19 heavy (non-hydrogen) atoms. The van der Waals surface area contributed by atoms with E-state index in [2.05, 4.69) is 11.4 Å². The van der Waals surface area contributed by atoms with E-state index in [9.17, 15) is 9.59 Å². The lowest BCUT2D eigenvalue weighted by Crippen LogP contribution is -2.54. The summed E-state index contributed by atoms with van der Waals surface area (Å²) in [6.07, 6.45) is 0.941. The standard InChI is InChI=1S/C13H16N2O3S/c16-12(8-14-5-10(6-14)13(17)18)15-3-1-11-9(7-15)2-4-19-11/h2,4,10H,1,3,5-8H2,(H,17,18). The second kappa shape index (κ2) is 4.94. The topological polar surface area (TPSA) is 60.9 Å². The average molecular weight is 280 g/mol. The summed E-state index contributed by atoms with van der Waals surface area (Å²) < 4.78 is 0. The normalized spacial score (nSPS) is 19.9. The molecule has 3 heterocycles. The Morgan fingerprint density at radius 3 is 2.95 bits per heavy atom. The van der Waals surface area contributed by atoms with Gasteiger partial charge in [-0.1, -0.05) is 0 Å². The minimum Gasteiger partial charge on any atom is -0.481 e. The maximum atomic E-state index is 12.1. The number of carbonyl (C=O) groups is 2. The van der Waals surface area contributed by atoms with Gasteiger partial charge in [-0.15, -0.1) is 11.3 Å². The first kappa shape index (κ1) is 12.6. The molecule has 0 atom stereocenters. The number of amides is 1. The van der Waals surface area contributed by atoms with Gasteiger partial charge in [0.1, 0.15) is 0 Å². The van der Waals surface area contributed by atoms with Gasteiger partial charge in [0, 0.05) is 31.1 Å². The summed E-state index contributed by atoms with van der Waals surface area (Å²) in [4.78, 5) is 28.0. The quantitative estimate of drug-likeness (QED) is 0.883. The highest BCUT2D eigenvalue weighted by Gasteiger charge is 2.34. The van der Waals surface area contributed by atoms with E-state index in [1.807, 2.05) is 9.80 Å². The van der Waals surface area contributed by atoms with Gasteiger partial charge in [0.05, 0.1) is 12.5 Å². The second-order valence-corrected chi connectivity index (χ2v) is 6.16. The third kappa shape index (κ3) is 2.50. The number of fused-ring (bicyclic) bond motifs is 1. The number of hydrogen-bond acceptors (Lipinski definition) is 4. The first-order valence-corrected chi connectivity index (χ1v) is 7.29. The van der Waals surface area contributed by atoms with Crippen LogP contribution in [0, 0.1) is 5.92 Å². The van der Waals surface area contributed by atoms with Crippen LogP contribution in [0.5, 0.6) is 0 Å². The predicted molar refractivity (Wildman–Crippen MR) is 71.0 cm³/mol. The van der Waals surface area contributed by atoms with Crippen molar-refractivity contribution in [2.24, 2.45) is 5.92 Å². The van der Waals surface area contributed by atoms with Crippen LogP contribution in [0.4, 0.5) is 0 Å². The van der Waals surface area contributed by atoms with Gasteiger partial charge in [0.25, 0.3) is 0 Å². The molecular weight excluding hydrogens is 264 g/mol. The Morgan fingerprint density at radius 2 is 2.21 bits per heavy atom. The van der Waals surface area contributed by atoms with Crippen LogP contribution in [0.2, 0.25) is 0 Å². The summed E-state index contributed by atoms with van der Waals surface area (Å²) >= 11 is 1.76. The maximum Gasteiger partial charge on any atom is 0.309 e. The van der Waals surface area contributed by atoms with Crippen LogP contribution in [0.15, 0.2) is 11.4 Å². The van der Waals surface area contributed by atoms with Crippen molar-refractivity contribution >= 4 is 23.2 Å². The number of carboxylic acids is 1. The van der Waals surface area contributed by atoms with Crippen molar-refractivity contribution in [2.45, 2.75) is 13.0 Å². The van der Waals surface area contributed by atoms with Crippen molar-refractivity contribution in [3.8, 4) is 0 Å². The first-order valence-electron chi connectivity index (χ1n) is 6.41. The monoisotopic (exact) mass is 280 g/mol. The lowest BCUT2D eigenvalue weighted by Gasteiger charge is -2.37. The van der Waals surface area contributed by atoms with E-state index in [4.69, 9.17) is 5.11 Å². The fourth-order valence-corrected chi connectivity index (χ4v) is 3.50. The number of nitrogens with zero attached hydrogens (tertiary/aromatic N) is 2. The van der Waals surface area contributed by atoms with Crippen molar-refractivity contribution in [3.63, 3.8) is 0 Å². The molecule has 0 radical (unpaired) electrons. The van der Waals surface area contributed by atoms with Crippen molar-refractivity contribution in [2.75, 3.05) is 26.2 Å². The van der Waals surface area contributed by atoms with E-state index in [0.717, 1.165) is 13.0 Å². The zero-order chi connectivity index (χ0) is 13.4. The lowest BCUT2D eigenvalue weighted by molar-refractivity contribution is -0.150. The lowest BCUT2D eigenvalue weighted by atomic mass is 10.0. The summed E-state index contributed by atoms with van der Waals surface area (Å²) in [6.45, 7) is 2.83. The second-order valence-electron chi connectivity index (χ2n) is 5.16. The van der Waals surface area contributed by atoms with Gasteiger partial charge in [-0.25, -0.2) is 0 Å². The van der Waals surface area contributed by atoms with Gasteiger partial charge in [0.2, 0.25) is 5.91 Å². The number of rotatable bonds is 3. The fraction of sp³-hybridized carbons (Fsp3) is 0.538. The molecule has 0 aromatic carbocycles. The van der Waals surface area contributed by atoms with E-state index in [0.29, 0.717) is 26.2 Å². The molecule has 1 amide bonds. The van der Waals surface area contributed by atoms with E-state index in [1.165, 1.54) is 10.4 Å². The molecule has 6 heteroatoms. The summed E-state index contributed by atoms with van der Waals surface area (Å²) in [5, 5.41) is 10.9. The molecule has 1 saturated heterocycles. The van der Waals surface area contributed by atoms with Gasteiger partial charge in [-0.05, 0) is 23.4 Å². The maximum absolute atomic E-state index is 12.1. The average Bonchev–Trinajstić information content (AvgIpc) is 2.79. The minimum absolute atomic E-state index is 0.112. The first-order chi connectivity index (χ1) is 9.13. The Labute approximate surface area is 115 Å². The number of carboxylic acid groups (broad SMARTS) is 1. The number of thiophene rings is 1. The molecule has 0 bridgehead atoms. The van der Waals surface area contributed by atoms with Crippen molar-refractivity contribution in [1.29, 1.82) is 0 Å². The Bertz CT molecular complexity index is 508. The molecule has 2 aliphatic heterocycles. The van der Waals surface area contributed by atoms with Crippen LogP contribution in [-0.4, -0.2) is 53.0 Å². The van der Waals surface area contributed by atoms with Gasteiger partial charge in [-0.2, -0.15) is 0 Å². The van der Waals surface area contributed by atoms with Gasteiger partial charge >= 0.3 is 5.97 Å². The minimum atomic E-state index is -0.760. The molecular formula is C13H16N2O3S. The van der Waals surface area contributed by atoms with Crippen molar-refractivity contribution < 1.29 is 14.7 Å². The van der Waals surface area contributed by atoms with Crippen LogP contribution in [0.25, 0.3) is 0 Å². The summed E-state index contributed by atoms with van der Waals surface area (Å²) in [7, 11) is 0. The van der Waals surface area contributed by atoms with Gasteiger partial charge in [-0.3, -0.25) is 14.5 Å². The zero-order valence-corrected chi connectivity index (χ0v) is 11.4. The molecule has 102 valence electrons. The molecule has 1 aromatic rings. The molecule has 1 fully saturated rings. The molecule has 0 aliphatic carbocycles. The third-order valence-corrected chi connectivity index (χ3v) is 4.85. The Kier molecular flexibility index (Phi) is 3.28. The molecule has 0 saturated carbocycles. The molecule has 3 rings (SSSR count). The van der Waals surface area contributed by atoms with E-state index >= 15 is 0 Å². The van der Waals surface area contributed by atoms with E-state index in [-0.39, 0.29) is 11.8 Å².